The van der Waals surface area contributed by atoms with Crippen LogP contribution in [0, 0.1) is 5.82 Å². The molecule has 1 aliphatic heterocycles. The number of anilines is 1. The molecule has 2 heterocycles. The predicted molar refractivity (Wildman–Crippen MR) is 118 cm³/mol. The minimum atomic E-state index is -0.441. The summed E-state index contributed by atoms with van der Waals surface area (Å²) in [6.07, 6.45) is 1.73. The fraction of sp³-hybridized carbons (Fsp3) is 0.292. The van der Waals surface area contributed by atoms with Crippen LogP contribution < -0.4 is 10.2 Å². The van der Waals surface area contributed by atoms with Crippen LogP contribution in [0.3, 0.4) is 0 Å². The van der Waals surface area contributed by atoms with Crippen molar-refractivity contribution in [1.82, 2.24) is 15.5 Å². The van der Waals surface area contributed by atoms with E-state index in [2.05, 4.69) is 15.5 Å². The van der Waals surface area contributed by atoms with Crippen LogP contribution in [0.15, 0.2) is 42.5 Å². The Bertz CT molecular complexity index is 1210. The molecule has 32 heavy (non-hydrogen) atoms. The highest BCUT2D eigenvalue weighted by atomic mass is 19.1. The first kappa shape index (κ1) is 20.2. The Morgan fingerprint density at radius 1 is 1.25 bits per heavy atom. The SMILES string of the molecule is CC(=O)NC[C@H]1CN(c2ccc3c(c2)-c2n[nH]c(-c4ccccc4F)c2CCC3)C(=O)O1. The smallest absolute Gasteiger partial charge is 0.414 e. The second kappa shape index (κ2) is 8.11. The summed E-state index contributed by atoms with van der Waals surface area (Å²) in [5.41, 5.74) is 5.77. The molecule has 7 nitrogen and oxygen atoms in total. The average molecular weight is 434 g/mol. The summed E-state index contributed by atoms with van der Waals surface area (Å²) in [6, 6.07) is 12.6. The summed E-state index contributed by atoms with van der Waals surface area (Å²) in [5.74, 6) is -0.455. The van der Waals surface area contributed by atoms with E-state index in [4.69, 9.17) is 4.74 Å². The number of nitrogens with zero attached hydrogens (tertiary/aromatic N) is 2. The van der Waals surface area contributed by atoms with Gasteiger partial charge < -0.3 is 10.1 Å². The number of aromatic amines is 1. The molecular weight excluding hydrogens is 411 g/mol. The molecule has 2 aromatic carbocycles. The molecule has 0 bridgehead atoms. The summed E-state index contributed by atoms with van der Waals surface area (Å²) < 4.78 is 19.9. The van der Waals surface area contributed by atoms with Crippen LogP contribution in [0.2, 0.25) is 0 Å². The highest BCUT2D eigenvalue weighted by molar-refractivity contribution is 5.91. The van der Waals surface area contributed by atoms with E-state index in [1.54, 1.807) is 17.0 Å². The van der Waals surface area contributed by atoms with Gasteiger partial charge in [-0.15, -0.1) is 0 Å². The van der Waals surface area contributed by atoms with Gasteiger partial charge in [-0.1, -0.05) is 18.2 Å². The molecule has 1 fully saturated rings. The lowest BCUT2D eigenvalue weighted by Crippen LogP contribution is -2.33. The number of aromatic nitrogens is 2. The number of cyclic esters (lactones) is 1. The number of carbonyl (C=O) groups excluding carboxylic acids is 2. The number of fused-ring (bicyclic) bond motifs is 3. The zero-order valence-corrected chi connectivity index (χ0v) is 17.7. The number of benzene rings is 2. The van der Waals surface area contributed by atoms with Gasteiger partial charge in [0.25, 0.3) is 0 Å². The molecule has 0 spiro atoms. The lowest BCUT2D eigenvalue weighted by Gasteiger charge is -2.16. The summed E-state index contributed by atoms with van der Waals surface area (Å²) >= 11 is 0. The van der Waals surface area contributed by atoms with E-state index in [0.29, 0.717) is 23.5 Å². The van der Waals surface area contributed by atoms with Crippen LogP contribution in [0.25, 0.3) is 22.5 Å². The molecule has 0 radical (unpaired) electrons. The summed E-state index contributed by atoms with van der Waals surface area (Å²) in [7, 11) is 0. The Labute approximate surface area is 184 Å². The van der Waals surface area contributed by atoms with Crippen molar-refractivity contribution in [2.75, 3.05) is 18.0 Å². The largest absolute Gasteiger partial charge is 0.442 e. The van der Waals surface area contributed by atoms with Gasteiger partial charge in [0.05, 0.1) is 24.5 Å². The van der Waals surface area contributed by atoms with E-state index < -0.39 is 12.2 Å². The third kappa shape index (κ3) is 3.62. The monoisotopic (exact) mass is 434 g/mol. The molecule has 5 rings (SSSR count). The van der Waals surface area contributed by atoms with Gasteiger partial charge in [-0.2, -0.15) is 5.10 Å². The van der Waals surface area contributed by atoms with Gasteiger partial charge in [-0.25, -0.2) is 9.18 Å². The molecule has 2 N–H and O–H groups in total. The molecule has 1 aromatic heterocycles. The van der Waals surface area contributed by atoms with Crippen LogP contribution in [-0.4, -0.2) is 41.4 Å². The number of carbonyl (C=O) groups is 2. The van der Waals surface area contributed by atoms with Crippen LogP contribution in [0.1, 0.15) is 24.5 Å². The maximum absolute atomic E-state index is 14.4. The van der Waals surface area contributed by atoms with Crippen LogP contribution in [-0.2, 0) is 22.4 Å². The first-order valence-electron chi connectivity index (χ1n) is 10.7. The van der Waals surface area contributed by atoms with E-state index in [1.807, 2.05) is 24.3 Å². The Hall–Kier alpha value is -3.68. The number of halogens is 1. The molecule has 8 heteroatoms. The molecule has 3 aromatic rings. The number of nitrogens with one attached hydrogen (secondary N) is 2. The normalized spacial score (nSPS) is 17.4. The van der Waals surface area contributed by atoms with E-state index in [0.717, 1.165) is 41.6 Å². The average Bonchev–Trinajstić information content (AvgIpc) is 3.31. The zero-order valence-electron chi connectivity index (χ0n) is 17.7. The van der Waals surface area contributed by atoms with E-state index in [-0.39, 0.29) is 18.3 Å². The maximum Gasteiger partial charge on any atom is 0.414 e. The Balaban J connectivity index is 1.49. The molecular formula is C24H23FN4O3. The number of rotatable bonds is 4. The zero-order chi connectivity index (χ0) is 22.2. The molecule has 164 valence electrons. The van der Waals surface area contributed by atoms with Gasteiger partial charge in [-0.3, -0.25) is 14.8 Å². The van der Waals surface area contributed by atoms with Crippen molar-refractivity contribution in [2.24, 2.45) is 0 Å². The van der Waals surface area contributed by atoms with Gasteiger partial charge in [-0.05, 0) is 49.1 Å². The van der Waals surface area contributed by atoms with Crippen molar-refractivity contribution < 1.29 is 18.7 Å². The Morgan fingerprint density at radius 3 is 2.91 bits per heavy atom. The number of hydrogen-bond acceptors (Lipinski definition) is 4. The van der Waals surface area contributed by atoms with Gasteiger partial charge in [0.2, 0.25) is 5.91 Å². The van der Waals surface area contributed by atoms with E-state index in [1.165, 1.54) is 13.0 Å². The highest BCUT2D eigenvalue weighted by Crippen LogP contribution is 2.39. The summed E-state index contributed by atoms with van der Waals surface area (Å²) in [4.78, 5) is 25.2. The third-order valence-corrected chi connectivity index (χ3v) is 6.00. The first-order valence-corrected chi connectivity index (χ1v) is 10.7. The number of ether oxygens (including phenoxy) is 1. The minimum Gasteiger partial charge on any atom is -0.442 e. The van der Waals surface area contributed by atoms with Crippen molar-refractivity contribution in [3.8, 4) is 22.5 Å². The Kier molecular flexibility index (Phi) is 5.13. The number of amides is 2. The van der Waals surface area contributed by atoms with Gasteiger partial charge in [0.1, 0.15) is 11.9 Å². The molecule has 2 aliphatic rings. The van der Waals surface area contributed by atoms with Crippen LogP contribution in [0.5, 0.6) is 0 Å². The molecule has 1 atom stereocenters. The van der Waals surface area contributed by atoms with Crippen LogP contribution >= 0.6 is 0 Å². The maximum atomic E-state index is 14.4. The quantitative estimate of drug-likeness (QED) is 0.653. The molecule has 1 saturated heterocycles. The molecule has 0 saturated carbocycles. The molecule has 0 unspecified atom stereocenters. The molecule has 2 amide bonds. The topological polar surface area (TPSA) is 87.3 Å². The van der Waals surface area contributed by atoms with Crippen molar-refractivity contribution >= 4 is 17.7 Å². The van der Waals surface area contributed by atoms with Gasteiger partial charge in [0, 0.05) is 29.3 Å². The van der Waals surface area contributed by atoms with Gasteiger partial charge in [0.15, 0.2) is 0 Å². The first-order chi connectivity index (χ1) is 15.5. The Morgan fingerprint density at radius 2 is 2.09 bits per heavy atom. The standard InChI is InChI=1S/C24H23FN4O3/c1-14(30)26-12-17-13-29(24(31)32-17)16-10-9-15-5-4-7-19-22(18-6-2-3-8-21(18)25)27-28-23(19)20(15)11-16/h2-3,6,8-11,17H,4-5,7,12-13H2,1H3,(H,26,30)(H,27,28)/t17-/m0/s1. The fourth-order valence-electron chi connectivity index (χ4n) is 4.44. The fourth-order valence-corrected chi connectivity index (χ4v) is 4.44. The lowest BCUT2D eigenvalue weighted by atomic mass is 9.99. The third-order valence-electron chi connectivity index (χ3n) is 6.00. The predicted octanol–water partition coefficient (Wildman–Crippen LogP) is 3.83. The van der Waals surface area contributed by atoms with E-state index >= 15 is 0 Å². The second-order valence-corrected chi connectivity index (χ2v) is 8.15. The number of hydrogen-bond donors (Lipinski definition) is 2. The summed E-state index contributed by atoms with van der Waals surface area (Å²) in [5, 5.41) is 10.3. The van der Waals surface area contributed by atoms with Crippen molar-refractivity contribution in [3.05, 3.63) is 59.4 Å². The molecule has 1 aliphatic carbocycles. The lowest BCUT2D eigenvalue weighted by molar-refractivity contribution is -0.119. The van der Waals surface area contributed by atoms with Crippen molar-refractivity contribution in [3.63, 3.8) is 0 Å². The van der Waals surface area contributed by atoms with Crippen molar-refractivity contribution in [1.29, 1.82) is 0 Å². The van der Waals surface area contributed by atoms with Crippen molar-refractivity contribution in [2.45, 2.75) is 32.3 Å². The summed E-state index contributed by atoms with van der Waals surface area (Å²) in [6.45, 7) is 2.06. The highest BCUT2D eigenvalue weighted by Gasteiger charge is 2.33. The number of H-pyrrole nitrogens is 1. The minimum absolute atomic E-state index is 0.166. The van der Waals surface area contributed by atoms with Gasteiger partial charge >= 0.3 is 6.09 Å². The number of aryl methyl sites for hydroxylation is 1. The second-order valence-electron chi connectivity index (χ2n) is 8.15. The van der Waals surface area contributed by atoms with Crippen LogP contribution in [0.4, 0.5) is 14.9 Å². The van der Waals surface area contributed by atoms with E-state index in [9.17, 15) is 14.0 Å².